The van der Waals surface area contributed by atoms with Gasteiger partial charge in [0.2, 0.25) is 5.91 Å². The molecule has 8 heteroatoms. The molecule has 1 aromatic heterocycles. The highest BCUT2D eigenvalue weighted by atomic mass is 32.2. The molecule has 1 aromatic rings. The number of sulfone groups is 1. The largest absolute Gasteiger partial charge is 0.369 e. The molecule has 0 radical (unpaired) electrons. The summed E-state index contributed by atoms with van der Waals surface area (Å²) in [6.07, 6.45) is 0.592. The minimum absolute atomic E-state index is 0.342. The maximum absolute atomic E-state index is 12.6. The fourth-order valence-corrected chi connectivity index (χ4v) is 3.84. The molecular formula is C15H24N4O3S. The van der Waals surface area contributed by atoms with Crippen molar-refractivity contribution < 1.29 is 13.2 Å². The smallest absolute Gasteiger partial charge is 0.240 e. The molecule has 0 aromatic carbocycles. The molecule has 23 heavy (non-hydrogen) atoms. The number of hydrogen-bond acceptors (Lipinski definition) is 6. The fourth-order valence-electron chi connectivity index (χ4n) is 2.59. The Balaban J connectivity index is 2.18. The van der Waals surface area contributed by atoms with Crippen molar-refractivity contribution in [3.8, 4) is 0 Å². The van der Waals surface area contributed by atoms with Gasteiger partial charge in [0, 0.05) is 26.1 Å². The quantitative estimate of drug-likeness (QED) is 0.860. The number of nitrogens with zero attached hydrogens (tertiary/aromatic N) is 3. The number of hydrogen-bond donors (Lipinski definition) is 1. The van der Waals surface area contributed by atoms with Gasteiger partial charge in [0.05, 0.1) is 10.9 Å². The number of nitrogens with one attached hydrogen (secondary N) is 1. The molecule has 2 heterocycles. The van der Waals surface area contributed by atoms with Crippen LogP contribution >= 0.6 is 0 Å². The van der Waals surface area contributed by atoms with E-state index in [1.807, 2.05) is 13.0 Å². The summed E-state index contributed by atoms with van der Waals surface area (Å²) in [6.45, 7) is 8.22. The molecule has 1 aliphatic rings. The summed E-state index contributed by atoms with van der Waals surface area (Å²) >= 11 is 0. The molecule has 0 fully saturated rings. The third-order valence-corrected chi connectivity index (χ3v) is 6.61. The second kappa shape index (κ2) is 6.82. The highest BCUT2D eigenvalue weighted by molar-refractivity contribution is 7.93. The Morgan fingerprint density at radius 1 is 1.35 bits per heavy atom. The zero-order chi connectivity index (χ0) is 17.2. The van der Waals surface area contributed by atoms with E-state index < -0.39 is 20.3 Å². The number of carbonyl (C=O) groups excluding carboxylic acids is 1. The molecule has 1 aliphatic heterocycles. The highest BCUT2D eigenvalue weighted by Gasteiger charge is 2.35. The van der Waals surface area contributed by atoms with Crippen LogP contribution in [0.25, 0.3) is 0 Å². The average molecular weight is 340 g/mol. The number of anilines is 1. The molecule has 2 rings (SSSR count). The maximum Gasteiger partial charge on any atom is 0.240 e. The minimum atomic E-state index is -3.45. The van der Waals surface area contributed by atoms with Crippen molar-refractivity contribution in [2.45, 2.75) is 51.2 Å². The van der Waals surface area contributed by atoms with E-state index in [1.54, 1.807) is 18.7 Å². The van der Waals surface area contributed by atoms with Gasteiger partial charge in [-0.25, -0.2) is 8.42 Å². The SMILES string of the molecule is CCNc1cc2c(nn1)CCN(C(=O)C(C)S(=O)(=O)C(C)C)C2. The van der Waals surface area contributed by atoms with Crippen LogP contribution in [0.2, 0.25) is 0 Å². The topological polar surface area (TPSA) is 92.3 Å². The summed E-state index contributed by atoms with van der Waals surface area (Å²) in [5.74, 6) is 0.328. The molecule has 0 spiro atoms. The van der Waals surface area contributed by atoms with E-state index in [9.17, 15) is 13.2 Å². The van der Waals surface area contributed by atoms with Gasteiger partial charge in [-0.05, 0) is 39.3 Å². The third kappa shape index (κ3) is 3.63. The van der Waals surface area contributed by atoms with Crippen molar-refractivity contribution in [1.29, 1.82) is 0 Å². The number of fused-ring (bicyclic) bond motifs is 1. The molecule has 1 unspecified atom stereocenters. The predicted octanol–water partition coefficient (Wildman–Crippen LogP) is 1.00. The molecule has 1 atom stereocenters. The predicted molar refractivity (Wildman–Crippen MR) is 88.8 cm³/mol. The zero-order valence-corrected chi connectivity index (χ0v) is 14.9. The van der Waals surface area contributed by atoms with Crippen LogP contribution < -0.4 is 5.32 Å². The molecule has 0 saturated carbocycles. The summed E-state index contributed by atoms with van der Waals surface area (Å²) in [4.78, 5) is 14.2. The highest BCUT2D eigenvalue weighted by Crippen LogP contribution is 2.21. The van der Waals surface area contributed by atoms with E-state index in [4.69, 9.17) is 0 Å². The Kier molecular flexibility index (Phi) is 5.23. The first kappa shape index (κ1) is 17.7. The Bertz CT molecular complexity index is 688. The molecule has 1 N–H and O–H groups in total. The van der Waals surface area contributed by atoms with Crippen LogP contribution in [-0.4, -0.2) is 53.0 Å². The fraction of sp³-hybridized carbons (Fsp3) is 0.667. The van der Waals surface area contributed by atoms with Crippen LogP contribution in [-0.2, 0) is 27.6 Å². The van der Waals surface area contributed by atoms with E-state index in [-0.39, 0.29) is 5.91 Å². The van der Waals surface area contributed by atoms with Gasteiger partial charge in [0.25, 0.3) is 0 Å². The van der Waals surface area contributed by atoms with Crippen LogP contribution in [0.5, 0.6) is 0 Å². The van der Waals surface area contributed by atoms with Gasteiger partial charge in [-0.2, -0.15) is 5.10 Å². The summed E-state index contributed by atoms with van der Waals surface area (Å²) < 4.78 is 24.4. The molecule has 7 nitrogen and oxygen atoms in total. The van der Waals surface area contributed by atoms with Crippen LogP contribution in [0, 0.1) is 0 Å². The van der Waals surface area contributed by atoms with Gasteiger partial charge in [0.1, 0.15) is 11.1 Å². The van der Waals surface area contributed by atoms with E-state index in [1.165, 1.54) is 6.92 Å². The summed E-state index contributed by atoms with van der Waals surface area (Å²) in [5.41, 5.74) is 1.79. The van der Waals surface area contributed by atoms with Gasteiger partial charge in [-0.3, -0.25) is 4.79 Å². The van der Waals surface area contributed by atoms with Crippen molar-refractivity contribution >= 4 is 21.6 Å². The lowest BCUT2D eigenvalue weighted by atomic mass is 10.1. The lowest BCUT2D eigenvalue weighted by Gasteiger charge is -2.30. The molecule has 128 valence electrons. The maximum atomic E-state index is 12.6. The monoisotopic (exact) mass is 340 g/mol. The number of rotatable bonds is 5. The van der Waals surface area contributed by atoms with Gasteiger partial charge in [-0.15, -0.1) is 5.10 Å². The first-order valence-electron chi connectivity index (χ1n) is 7.88. The van der Waals surface area contributed by atoms with E-state index >= 15 is 0 Å². The standard InChI is InChI=1S/C15H24N4O3S/c1-5-16-14-8-12-9-19(7-6-13(12)17-18-14)15(20)11(4)23(21,22)10(2)3/h8,10-11H,5-7,9H2,1-4H3,(H,16,18). The van der Waals surface area contributed by atoms with E-state index in [0.29, 0.717) is 25.3 Å². The summed E-state index contributed by atoms with van der Waals surface area (Å²) in [7, 11) is -3.45. The molecule has 1 amide bonds. The first-order valence-corrected chi connectivity index (χ1v) is 9.49. The average Bonchev–Trinajstić information content (AvgIpc) is 2.52. The van der Waals surface area contributed by atoms with E-state index in [0.717, 1.165) is 17.8 Å². The van der Waals surface area contributed by atoms with Crippen molar-refractivity contribution in [1.82, 2.24) is 15.1 Å². The van der Waals surface area contributed by atoms with Crippen LogP contribution in [0.15, 0.2) is 6.07 Å². The molecule has 0 saturated heterocycles. The number of aromatic nitrogens is 2. The van der Waals surface area contributed by atoms with Crippen molar-refractivity contribution in [3.63, 3.8) is 0 Å². The first-order chi connectivity index (χ1) is 10.8. The molecule has 0 bridgehead atoms. The Morgan fingerprint density at radius 2 is 2.04 bits per heavy atom. The van der Waals surface area contributed by atoms with Gasteiger partial charge in [0.15, 0.2) is 9.84 Å². The van der Waals surface area contributed by atoms with Crippen LogP contribution in [0.3, 0.4) is 0 Å². The lowest BCUT2D eigenvalue weighted by Crippen LogP contribution is -2.45. The van der Waals surface area contributed by atoms with Crippen molar-refractivity contribution in [3.05, 3.63) is 17.3 Å². The van der Waals surface area contributed by atoms with E-state index in [2.05, 4.69) is 15.5 Å². The summed E-state index contributed by atoms with van der Waals surface area (Å²) in [5, 5.41) is 9.78. The molecule has 0 aliphatic carbocycles. The van der Waals surface area contributed by atoms with Crippen molar-refractivity contribution in [2.75, 3.05) is 18.4 Å². The Morgan fingerprint density at radius 3 is 2.65 bits per heavy atom. The van der Waals surface area contributed by atoms with Gasteiger partial charge < -0.3 is 10.2 Å². The second-order valence-corrected chi connectivity index (χ2v) is 8.85. The second-order valence-electron chi connectivity index (χ2n) is 6.02. The lowest BCUT2D eigenvalue weighted by molar-refractivity contribution is -0.131. The van der Waals surface area contributed by atoms with Gasteiger partial charge in [-0.1, -0.05) is 0 Å². The normalized spacial score (nSPS) is 16.1. The number of amides is 1. The third-order valence-electron chi connectivity index (χ3n) is 4.11. The minimum Gasteiger partial charge on any atom is -0.369 e. The van der Waals surface area contributed by atoms with Gasteiger partial charge >= 0.3 is 0 Å². The Hall–Kier alpha value is -1.70. The summed E-state index contributed by atoms with van der Waals surface area (Å²) in [6, 6.07) is 1.88. The molecular weight excluding hydrogens is 316 g/mol. The zero-order valence-electron chi connectivity index (χ0n) is 14.0. The Labute approximate surface area is 137 Å². The number of carbonyl (C=O) groups is 1. The van der Waals surface area contributed by atoms with Crippen LogP contribution in [0.4, 0.5) is 5.82 Å². The van der Waals surface area contributed by atoms with Crippen LogP contribution in [0.1, 0.15) is 39.0 Å². The van der Waals surface area contributed by atoms with Crippen molar-refractivity contribution in [2.24, 2.45) is 0 Å².